The van der Waals surface area contributed by atoms with Crippen LogP contribution in [0.5, 0.6) is 5.75 Å². The highest BCUT2D eigenvalue weighted by Gasteiger charge is 2.02. The van der Waals surface area contributed by atoms with Crippen LogP contribution in [0.15, 0.2) is 29.6 Å². The summed E-state index contributed by atoms with van der Waals surface area (Å²) in [4.78, 5) is 4.60. The average molecular weight is 290 g/mol. The van der Waals surface area contributed by atoms with Gasteiger partial charge in [0.15, 0.2) is 0 Å². The molecule has 0 bridgehead atoms. The molecule has 0 aliphatic carbocycles. The summed E-state index contributed by atoms with van der Waals surface area (Å²) < 4.78 is 5.72. The summed E-state index contributed by atoms with van der Waals surface area (Å²) >= 11 is 1.71. The molecule has 0 aliphatic rings. The second-order valence-corrected chi connectivity index (χ2v) is 5.76. The second kappa shape index (κ2) is 8.02. The molecule has 1 aromatic heterocycles. The van der Waals surface area contributed by atoms with Gasteiger partial charge < -0.3 is 10.1 Å². The van der Waals surface area contributed by atoms with E-state index < -0.39 is 0 Å². The summed E-state index contributed by atoms with van der Waals surface area (Å²) in [7, 11) is 0. The molecule has 1 aromatic carbocycles. The van der Waals surface area contributed by atoms with Crippen LogP contribution in [0.4, 0.5) is 0 Å². The monoisotopic (exact) mass is 290 g/mol. The van der Waals surface area contributed by atoms with Gasteiger partial charge in [0.2, 0.25) is 0 Å². The molecule has 2 rings (SSSR count). The van der Waals surface area contributed by atoms with Crippen molar-refractivity contribution in [1.82, 2.24) is 10.3 Å². The third kappa shape index (κ3) is 4.94. The predicted octanol–water partition coefficient (Wildman–Crippen LogP) is 3.57. The molecular formula is C16H22N2OS. The van der Waals surface area contributed by atoms with Crippen molar-refractivity contribution in [3.05, 3.63) is 45.9 Å². The Kier molecular flexibility index (Phi) is 6.02. The van der Waals surface area contributed by atoms with Gasteiger partial charge in [0.05, 0.1) is 17.3 Å². The maximum absolute atomic E-state index is 5.72. The Bertz CT molecular complexity index is 507. The van der Waals surface area contributed by atoms with Crippen molar-refractivity contribution in [2.24, 2.45) is 0 Å². The fourth-order valence-electron chi connectivity index (χ4n) is 1.83. The van der Waals surface area contributed by atoms with E-state index in [0.29, 0.717) is 6.61 Å². The lowest BCUT2D eigenvalue weighted by molar-refractivity contribution is 0.321. The standard InChI is InChI=1S/C16H22N2OS/c1-3-9-17-11-14-12-20-16(18-14)8-10-19-15-6-4-13(2)5-7-15/h4-7,12,17H,3,8-11H2,1-2H3. The quantitative estimate of drug-likeness (QED) is 0.755. The fraction of sp³-hybridized carbons (Fsp3) is 0.438. The summed E-state index contributed by atoms with van der Waals surface area (Å²) in [6, 6.07) is 8.15. The summed E-state index contributed by atoms with van der Waals surface area (Å²) in [5.74, 6) is 0.928. The fourth-order valence-corrected chi connectivity index (χ4v) is 2.61. The van der Waals surface area contributed by atoms with E-state index >= 15 is 0 Å². The summed E-state index contributed by atoms with van der Waals surface area (Å²) in [6.07, 6.45) is 2.02. The van der Waals surface area contributed by atoms with Crippen LogP contribution < -0.4 is 10.1 Å². The van der Waals surface area contributed by atoms with E-state index in [4.69, 9.17) is 4.74 Å². The molecule has 0 saturated carbocycles. The zero-order valence-electron chi connectivity index (χ0n) is 12.2. The summed E-state index contributed by atoms with van der Waals surface area (Å²) in [6.45, 7) is 6.83. The van der Waals surface area contributed by atoms with E-state index in [-0.39, 0.29) is 0 Å². The van der Waals surface area contributed by atoms with Gasteiger partial charge in [0.25, 0.3) is 0 Å². The van der Waals surface area contributed by atoms with Gasteiger partial charge in [-0.25, -0.2) is 4.98 Å². The second-order valence-electron chi connectivity index (χ2n) is 4.82. The average Bonchev–Trinajstić information content (AvgIpc) is 2.89. The highest BCUT2D eigenvalue weighted by molar-refractivity contribution is 7.09. The molecule has 20 heavy (non-hydrogen) atoms. The molecule has 0 atom stereocenters. The first-order valence-electron chi connectivity index (χ1n) is 7.11. The topological polar surface area (TPSA) is 34.1 Å². The Morgan fingerprint density at radius 3 is 2.80 bits per heavy atom. The first-order chi connectivity index (χ1) is 9.78. The molecule has 1 N–H and O–H groups in total. The predicted molar refractivity (Wildman–Crippen MR) is 84.5 cm³/mol. The molecule has 0 saturated heterocycles. The molecule has 0 spiro atoms. The smallest absolute Gasteiger partial charge is 0.119 e. The molecule has 1 heterocycles. The van der Waals surface area contributed by atoms with E-state index in [1.54, 1.807) is 11.3 Å². The summed E-state index contributed by atoms with van der Waals surface area (Å²) in [5.41, 5.74) is 2.38. The Labute approximate surface area is 125 Å². The maximum Gasteiger partial charge on any atom is 0.119 e. The van der Waals surface area contributed by atoms with Crippen molar-refractivity contribution in [1.29, 1.82) is 0 Å². The summed E-state index contributed by atoms with van der Waals surface area (Å²) in [5, 5.41) is 6.64. The van der Waals surface area contributed by atoms with Crippen LogP contribution in [0.3, 0.4) is 0 Å². The molecule has 4 heteroatoms. The number of hydrogen-bond acceptors (Lipinski definition) is 4. The van der Waals surface area contributed by atoms with E-state index in [0.717, 1.165) is 42.4 Å². The SMILES string of the molecule is CCCNCc1csc(CCOc2ccc(C)cc2)n1. The Morgan fingerprint density at radius 2 is 2.05 bits per heavy atom. The van der Waals surface area contributed by atoms with Crippen LogP contribution in [0.25, 0.3) is 0 Å². The normalized spacial score (nSPS) is 10.7. The number of aryl methyl sites for hydroxylation is 1. The maximum atomic E-state index is 5.72. The number of rotatable bonds is 8. The van der Waals surface area contributed by atoms with Gasteiger partial charge in [0.1, 0.15) is 5.75 Å². The number of nitrogens with zero attached hydrogens (tertiary/aromatic N) is 1. The third-order valence-electron chi connectivity index (χ3n) is 2.94. The highest BCUT2D eigenvalue weighted by Crippen LogP contribution is 2.14. The lowest BCUT2D eigenvalue weighted by Crippen LogP contribution is -2.14. The zero-order valence-corrected chi connectivity index (χ0v) is 13.0. The van der Waals surface area contributed by atoms with Crippen molar-refractivity contribution < 1.29 is 4.74 Å². The van der Waals surface area contributed by atoms with Crippen LogP contribution >= 0.6 is 11.3 Å². The van der Waals surface area contributed by atoms with Crippen LogP contribution in [0.2, 0.25) is 0 Å². The number of hydrogen-bond donors (Lipinski definition) is 1. The molecular weight excluding hydrogens is 268 g/mol. The zero-order chi connectivity index (χ0) is 14.2. The minimum atomic E-state index is 0.679. The molecule has 3 nitrogen and oxygen atoms in total. The molecule has 0 fully saturated rings. The number of aromatic nitrogens is 1. The number of nitrogens with one attached hydrogen (secondary N) is 1. The van der Waals surface area contributed by atoms with E-state index in [2.05, 4.69) is 41.7 Å². The van der Waals surface area contributed by atoms with Crippen molar-refractivity contribution in [3.63, 3.8) is 0 Å². The van der Waals surface area contributed by atoms with Crippen LogP contribution in [0.1, 0.15) is 29.6 Å². The molecule has 0 unspecified atom stereocenters. The van der Waals surface area contributed by atoms with Gasteiger partial charge in [-0.2, -0.15) is 0 Å². The number of thiazole rings is 1. The van der Waals surface area contributed by atoms with Crippen molar-refractivity contribution in [3.8, 4) is 5.75 Å². The van der Waals surface area contributed by atoms with Crippen LogP contribution in [0, 0.1) is 6.92 Å². The van der Waals surface area contributed by atoms with Crippen molar-refractivity contribution in [2.75, 3.05) is 13.2 Å². The van der Waals surface area contributed by atoms with E-state index in [1.165, 1.54) is 5.56 Å². The van der Waals surface area contributed by atoms with Gasteiger partial charge in [0, 0.05) is 18.3 Å². The minimum Gasteiger partial charge on any atom is -0.493 e. The lowest BCUT2D eigenvalue weighted by Gasteiger charge is -2.04. The van der Waals surface area contributed by atoms with Gasteiger partial charge in [-0.15, -0.1) is 11.3 Å². The van der Waals surface area contributed by atoms with Gasteiger partial charge in [-0.05, 0) is 32.0 Å². The van der Waals surface area contributed by atoms with Gasteiger partial charge in [-0.3, -0.25) is 0 Å². The first-order valence-corrected chi connectivity index (χ1v) is 7.99. The third-order valence-corrected chi connectivity index (χ3v) is 3.90. The molecule has 0 radical (unpaired) electrons. The van der Waals surface area contributed by atoms with Gasteiger partial charge >= 0.3 is 0 Å². The van der Waals surface area contributed by atoms with E-state index in [9.17, 15) is 0 Å². The number of benzene rings is 1. The highest BCUT2D eigenvalue weighted by atomic mass is 32.1. The Hall–Kier alpha value is -1.39. The molecule has 2 aromatic rings. The van der Waals surface area contributed by atoms with Crippen LogP contribution in [-0.4, -0.2) is 18.1 Å². The largest absolute Gasteiger partial charge is 0.493 e. The number of ether oxygens (including phenoxy) is 1. The van der Waals surface area contributed by atoms with Crippen molar-refractivity contribution in [2.45, 2.75) is 33.2 Å². The Balaban J connectivity index is 1.72. The lowest BCUT2D eigenvalue weighted by atomic mass is 10.2. The molecule has 0 amide bonds. The van der Waals surface area contributed by atoms with Crippen molar-refractivity contribution >= 4 is 11.3 Å². The van der Waals surface area contributed by atoms with Crippen LogP contribution in [-0.2, 0) is 13.0 Å². The molecule has 0 aliphatic heterocycles. The van der Waals surface area contributed by atoms with E-state index in [1.807, 2.05) is 12.1 Å². The molecule has 108 valence electrons. The minimum absolute atomic E-state index is 0.679. The first kappa shape index (κ1) is 15.0. The van der Waals surface area contributed by atoms with Gasteiger partial charge in [-0.1, -0.05) is 24.6 Å². The Morgan fingerprint density at radius 1 is 1.25 bits per heavy atom.